The van der Waals surface area contributed by atoms with Gasteiger partial charge in [-0.3, -0.25) is 4.79 Å². The summed E-state index contributed by atoms with van der Waals surface area (Å²) in [6.45, 7) is 6.38. The van der Waals surface area contributed by atoms with Crippen LogP contribution in [0.3, 0.4) is 0 Å². The molecule has 1 heterocycles. The number of nitrogens with one attached hydrogen (secondary N) is 1. The fourth-order valence-electron chi connectivity index (χ4n) is 2.67. The van der Waals surface area contributed by atoms with E-state index in [-0.39, 0.29) is 18.6 Å². The molecule has 5 nitrogen and oxygen atoms in total. The summed E-state index contributed by atoms with van der Waals surface area (Å²) in [6.07, 6.45) is 2.76. The van der Waals surface area contributed by atoms with E-state index in [9.17, 15) is 9.59 Å². The summed E-state index contributed by atoms with van der Waals surface area (Å²) in [5.41, 5.74) is -0.573. The molecule has 0 aromatic carbocycles. The highest BCUT2D eigenvalue weighted by Gasteiger charge is 2.51. The number of amides is 1. The van der Waals surface area contributed by atoms with Crippen LogP contribution in [-0.4, -0.2) is 31.3 Å². The third kappa shape index (κ3) is 2.94. The summed E-state index contributed by atoms with van der Waals surface area (Å²) in [7, 11) is 0. The highest BCUT2D eigenvalue weighted by molar-refractivity contribution is 5.81. The van der Waals surface area contributed by atoms with Crippen LogP contribution >= 0.6 is 0 Å². The Balaban J connectivity index is 2.80. The van der Waals surface area contributed by atoms with Crippen LogP contribution < -0.4 is 5.32 Å². The molecule has 1 atom stereocenters. The van der Waals surface area contributed by atoms with Crippen molar-refractivity contribution in [1.29, 1.82) is 0 Å². The number of carbonyl (C=O) groups excluding carboxylic acids is 2. The molecule has 0 bridgehead atoms. The van der Waals surface area contributed by atoms with Crippen molar-refractivity contribution in [3.05, 3.63) is 0 Å². The van der Waals surface area contributed by atoms with Gasteiger partial charge in [-0.25, -0.2) is 4.79 Å². The minimum atomic E-state index is -0.573. The maximum absolute atomic E-state index is 12.0. The fourth-order valence-corrected chi connectivity index (χ4v) is 2.67. The van der Waals surface area contributed by atoms with Gasteiger partial charge in [0.05, 0.1) is 18.1 Å². The molecule has 0 aromatic heterocycles. The Morgan fingerprint density at radius 2 is 2.00 bits per heavy atom. The second-order valence-electron chi connectivity index (χ2n) is 4.67. The summed E-state index contributed by atoms with van der Waals surface area (Å²) in [4.78, 5) is 23.5. The van der Waals surface area contributed by atoms with E-state index in [0.717, 1.165) is 25.7 Å². The molecule has 0 radical (unpaired) electrons. The van der Waals surface area contributed by atoms with Gasteiger partial charge in [0.2, 0.25) is 0 Å². The summed E-state index contributed by atoms with van der Waals surface area (Å²) < 4.78 is 10.0. The second kappa shape index (κ2) is 6.61. The van der Waals surface area contributed by atoms with E-state index in [1.165, 1.54) is 0 Å². The van der Waals surface area contributed by atoms with Gasteiger partial charge in [0.1, 0.15) is 6.61 Å². The third-order valence-electron chi connectivity index (χ3n) is 3.41. The van der Waals surface area contributed by atoms with Crippen LogP contribution in [0.2, 0.25) is 0 Å². The van der Waals surface area contributed by atoms with Gasteiger partial charge in [-0.2, -0.15) is 0 Å². The van der Waals surface area contributed by atoms with Crippen molar-refractivity contribution < 1.29 is 19.1 Å². The maximum Gasteiger partial charge on any atom is 0.407 e. The first-order valence-corrected chi connectivity index (χ1v) is 6.71. The van der Waals surface area contributed by atoms with Crippen LogP contribution in [-0.2, 0) is 14.3 Å². The number of cyclic esters (lactones) is 1. The first kappa shape index (κ1) is 14.8. The van der Waals surface area contributed by atoms with E-state index in [2.05, 4.69) is 5.32 Å². The monoisotopic (exact) mass is 257 g/mol. The number of hydrogen-bond donors (Lipinski definition) is 1. The van der Waals surface area contributed by atoms with Crippen molar-refractivity contribution >= 4 is 12.1 Å². The van der Waals surface area contributed by atoms with Crippen molar-refractivity contribution in [1.82, 2.24) is 5.32 Å². The summed E-state index contributed by atoms with van der Waals surface area (Å²) in [5, 5.41) is 2.76. The highest BCUT2D eigenvalue weighted by atomic mass is 16.6. The smallest absolute Gasteiger partial charge is 0.407 e. The van der Waals surface area contributed by atoms with Crippen LogP contribution in [0.15, 0.2) is 0 Å². The maximum atomic E-state index is 12.0. The average Bonchev–Trinajstić information content (AvgIpc) is 2.60. The van der Waals surface area contributed by atoms with E-state index in [1.54, 1.807) is 6.92 Å². The Bertz CT molecular complexity index is 297. The Labute approximate surface area is 108 Å². The summed E-state index contributed by atoms with van der Waals surface area (Å²) in [6, 6.07) is -0.274. The Kier molecular flexibility index (Phi) is 5.44. The van der Waals surface area contributed by atoms with Crippen LogP contribution in [0.5, 0.6) is 0 Å². The van der Waals surface area contributed by atoms with Crippen molar-refractivity contribution in [3.63, 3.8) is 0 Å². The van der Waals surface area contributed by atoms with Crippen LogP contribution in [0, 0.1) is 5.41 Å². The number of esters is 1. The van der Waals surface area contributed by atoms with Gasteiger partial charge < -0.3 is 14.8 Å². The molecule has 1 aliphatic heterocycles. The van der Waals surface area contributed by atoms with Gasteiger partial charge in [0.15, 0.2) is 0 Å². The zero-order valence-electron chi connectivity index (χ0n) is 11.5. The predicted octanol–water partition coefficient (Wildman–Crippen LogP) is 2.24. The zero-order valence-corrected chi connectivity index (χ0v) is 11.5. The highest BCUT2D eigenvalue weighted by Crippen LogP contribution is 2.39. The Hall–Kier alpha value is -1.26. The van der Waals surface area contributed by atoms with Gasteiger partial charge >= 0.3 is 12.1 Å². The SMILES string of the molecule is CCCC1(CCC)C(=O)OCC1NC(=O)OCC. The molecule has 18 heavy (non-hydrogen) atoms. The van der Waals surface area contributed by atoms with Crippen LogP contribution in [0.25, 0.3) is 0 Å². The number of alkyl carbamates (subject to hydrolysis) is 1. The molecular weight excluding hydrogens is 234 g/mol. The largest absolute Gasteiger partial charge is 0.463 e. The lowest BCUT2D eigenvalue weighted by Gasteiger charge is -2.30. The quantitative estimate of drug-likeness (QED) is 0.741. The average molecular weight is 257 g/mol. The molecule has 1 unspecified atom stereocenters. The lowest BCUT2D eigenvalue weighted by atomic mass is 9.75. The first-order valence-electron chi connectivity index (χ1n) is 6.71. The van der Waals surface area contributed by atoms with E-state index in [1.807, 2.05) is 13.8 Å². The standard InChI is InChI=1S/C13H23NO4/c1-4-7-13(8-5-2)10(9-18-11(13)15)14-12(16)17-6-3/h10H,4-9H2,1-3H3,(H,14,16). The molecule has 1 aliphatic rings. The molecule has 1 N–H and O–H groups in total. The lowest BCUT2D eigenvalue weighted by molar-refractivity contribution is -0.147. The van der Waals surface area contributed by atoms with Crippen LogP contribution in [0.4, 0.5) is 4.79 Å². The topological polar surface area (TPSA) is 64.6 Å². The molecule has 0 aliphatic carbocycles. The first-order chi connectivity index (χ1) is 8.60. The Morgan fingerprint density at radius 1 is 1.39 bits per heavy atom. The fraction of sp³-hybridized carbons (Fsp3) is 0.846. The van der Waals surface area contributed by atoms with Crippen molar-refractivity contribution in [2.75, 3.05) is 13.2 Å². The molecule has 0 saturated carbocycles. The minimum Gasteiger partial charge on any atom is -0.463 e. The van der Waals surface area contributed by atoms with E-state index in [0.29, 0.717) is 6.61 Å². The molecule has 1 fully saturated rings. The number of ether oxygens (including phenoxy) is 2. The number of carbonyl (C=O) groups is 2. The van der Waals surface area contributed by atoms with Gasteiger partial charge in [0, 0.05) is 0 Å². The molecule has 104 valence electrons. The van der Waals surface area contributed by atoms with Gasteiger partial charge in [-0.05, 0) is 19.8 Å². The Morgan fingerprint density at radius 3 is 2.50 bits per heavy atom. The third-order valence-corrected chi connectivity index (χ3v) is 3.41. The van der Waals surface area contributed by atoms with Crippen molar-refractivity contribution in [2.45, 2.75) is 52.5 Å². The molecule has 5 heteroatoms. The second-order valence-corrected chi connectivity index (χ2v) is 4.67. The lowest BCUT2D eigenvalue weighted by Crippen LogP contribution is -2.48. The van der Waals surface area contributed by atoms with Crippen molar-refractivity contribution in [3.8, 4) is 0 Å². The van der Waals surface area contributed by atoms with Gasteiger partial charge in [-0.1, -0.05) is 26.7 Å². The zero-order chi connectivity index (χ0) is 13.6. The van der Waals surface area contributed by atoms with Crippen LogP contribution in [0.1, 0.15) is 46.5 Å². The molecule has 1 rings (SSSR count). The van der Waals surface area contributed by atoms with E-state index >= 15 is 0 Å². The van der Waals surface area contributed by atoms with Crippen molar-refractivity contribution in [2.24, 2.45) is 5.41 Å². The van der Waals surface area contributed by atoms with Gasteiger partial charge in [-0.15, -0.1) is 0 Å². The molecule has 0 aromatic rings. The molecule has 1 saturated heterocycles. The van der Waals surface area contributed by atoms with E-state index < -0.39 is 11.5 Å². The van der Waals surface area contributed by atoms with E-state index in [4.69, 9.17) is 9.47 Å². The summed E-state index contributed by atoms with van der Waals surface area (Å²) >= 11 is 0. The molecule has 0 spiro atoms. The normalized spacial score (nSPS) is 21.5. The van der Waals surface area contributed by atoms with Gasteiger partial charge in [0.25, 0.3) is 0 Å². The summed E-state index contributed by atoms with van der Waals surface area (Å²) in [5.74, 6) is -0.187. The molecular formula is C13H23NO4. The molecule has 1 amide bonds. The number of hydrogen-bond acceptors (Lipinski definition) is 4. The minimum absolute atomic E-state index is 0.187. The predicted molar refractivity (Wildman–Crippen MR) is 67.2 cm³/mol. The number of rotatable bonds is 6.